The summed E-state index contributed by atoms with van der Waals surface area (Å²) in [4.78, 5) is 36.0. The number of fused-ring (bicyclic) bond motifs is 1. The van der Waals surface area contributed by atoms with Crippen molar-refractivity contribution in [1.29, 1.82) is 0 Å². The Labute approximate surface area is 192 Å². The van der Waals surface area contributed by atoms with E-state index < -0.39 is 48.0 Å². The van der Waals surface area contributed by atoms with Crippen molar-refractivity contribution in [2.24, 2.45) is 5.73 Å². The van der Waals surface area contributed by atoms with Gasteiger partial charge >= 0.3 is 0 Å². The third-order valence-electron chi connectivity index (χ3n) is 6.64. The number of rotatable bonds is 6. The minimum atomic E-state index is -2.28. The van der Waals surface area contributed by atoms with E-state index in [0.29, 0.717) is 0 Å². The number of hydrogen-bond acceptors (Lipinski definition) is 8. The van der Waals surface area contributed by atoms with Gasteiger partial charge in [0.05, 0.1) is 24.3 Å². The van der Waals surface area contributed by atoms with Crippen molar-refractivity contribution in [3.63, 3.8) is 0 Å². The number of aromatic nitrogens is 4. The minimum absolute atomic E-state index is 0.0929. The lowest BCUT2D eigenvalue weighted by atomic mass is 9.91. The Morgan fingerprint density at radius 1 is 1.34 bits per heavy atom. The molecule has 0 aromatic carbocycles. The average Bonchev–Trinajstić information content (AvgIpc) is 3.22. The fraction of sp³-hybridized carbons (Fsp3) is 0.700. The number of imidazole rings is 1. The molecule has 0 aliphatic carbocycles. The number of thioether (sulfide) groups is 1. The Morgan fingerprint density at radius 3 is 2.50 bits per heavy atom. The van der Waals surface area contributed by atoms with Gasteiger partial charge in [-0.15, -0.1) is 11.8 Å². The first-order chi connectivity index (χ1) is 14.6. The van der Waals surface area contributed by atoms with Crippen molar-refractivity contribution >= 4 is 37.2 Å². The number of amides is 1. The Bertz CT molecular complexity index is 1080. The van der Waals surface area contributed by atoms with Gasteiger partial charge in [0.15, 0.2) is 19.5 Å². The second kappa shape index (κ2) is 8.24. The van der Waals surface area contributed by atoms with Gasteiger partial charge in [0.1, 0.15) is 22.7 Å². The van der Waals surface area contributed by atoms with Crippen LogP contribution in [-0.4, -0.2) is 68.0 Å². The molecule has 0 bridgehead atoms. The molecule has 0 spiro atoms. The molecule has 178 valence electrons. The lowest BCUT2D eigenvalue weighted by Gasteiger charge is -2.40. The van der Waals surface area contributed by atoms with Gasteiger partial charge in [-0.25, -0.2) is 9.97 Å². The van der Waals surface area contributed by atoms with E-state index in [1.54, 1.807) is 18.4 Å². The van der Waals surface area contributed by atoms with Crippen LogP contribution in [0.4, 0.5) is 0 Å². The van der Waals surface area contributed by atoms with Crippen LogP contribution in [-0.2, 0) is 14.6 Å². The van der Waals surface area contributed by atoms with Crippen LogP contribution in [0.1, 0.15) is 45.8 Å². The van der Waals surface area contributed by atoms with E-state index in [-0.39, 0.29) is 28.6 Å². The van der Waals surface area contributed by atoms with E-state index in [2.05, 4.69) is 48.8 Å². The van der Waals surface area contributed by atoms with E-state index in [1.165, 1.54) is 18.1 Å². The number of nitrogens with two attached hydrogens (primary N) is 1. The summed E-state index contributed by atoms with van der Waals surface area (Å²) in [5, 5.41) is 19.8. The second-order valence-electron chi connectivity index (χ2n) is 10.3. The largest absolute Gasteiger partial charge is 0.408 e. The number of aromatic amines is 1. The average molecular weight is 484 g/mol. The van der Waals surface area contributed by atoms with E-state index >= 15 is 0 Å². The Kier molecular flexibility index (Phi) is 6.41. The molecule has 0 unspecified atom stereocenters. The summed E-state index contributed by atoms with van der Waals surface area (Å²) in [6.07, 6.45) is -0.0608. The molecule has 3 heterocycles. The van der Waals surface area contributed by atoms with Crippen LogP contribution < -0.4 is 11.3 Å². The minimum Gasteiger partial charge on any atom is -0.408 e. The Morgan fingerprint density at radius 2 is 1.97 bits per heavy atom. The number of hydrogen-bond donors (Lipinski definition) is 4. The number of nitrogens with one attached hydrogen (secondary N) is 1. The lowest BCUT2D eigenvalue weighted by Crippen LogP contribution is -2.48. The lowest BCUT2D eigenvalue weighted by molar-refractivity contribution is -0.122. The zero-order chi connectivity index (χ0) is 24.2. The Balaban J connectivity index is 2.13. The van der Waals surface area contributed by atoms with Crippen molar-refractivity contribution in [2.75, 3.05) is 6.61 Å². The first kappa shape index (κ1) is 24.9. The van der Waals surface area contributed by atoms with Crippen LogP contribution >= 0.6 is 11.8 Å². The van der Waals surface area contributed by atoms with E-state index in [0.717, 1.165) is 0 Å². The second-order valence-corrected chi connectivity index (χ2v) is 16.4. The first-order valence-corrected chi connectivity index (χ1v) is 14.4. The van der Waals surface area contributed by atoms with Crippen LogP contribution in [0.15, 0.2) is 11.1 Å². The maximum Gasteiger partial charge on any atom is 0.279 e. The molecule has 1 fully saturated rings. The standard InChI is InChI=1S/C20H33N5O5SSi/c1-19(2,3)32(6,7)30-13-12(27)10(8-26)31-16(13)25-9-22-11-14(25)23-18(24-15(11)28)20(4,5)17(21)29/h9-10,12-13,16,26-27H,8H2,1-7H3,(H2,21,29)(H,23,24,28)/t10-,12-,13-,16-/m1/s1. The summed E-state index contributed by atoms with van der Waals surface area (Å²) >= 11 is 1.35. The number of primary amides is 1. The van der Waals surface area contributed by atoms with Crippen LogP contribution in [0, 0.1) is 0 Å². The topological polar surface area (TPSA) is 156 Å². The maximum absolute atomic E-state index is 12.7. The number of carbonyl (C=O) groups is 1. The fourth-order valence-electron chi connectivity index (χ4n) is 3.26. The van der Waals surface area contributed by atoms with Gasteiger partial charge in [0, 0.05) is 0 Å². The van der Waals surface area contributed by atoms with Crippen LogP contribution in [0.25, 0.3) is 11.2 Å². The van der Waals surface area contributed by atoms with Gasteiger partial charge < -0.3 is 25.4 Å². The molecule has 2 aromatic heterocycles. The SMILES string of the molecule is CC(C)(C(N)=O)c1nc2c(ncn2[C@@H]2S[C@H](CO)[C@@H](O)[C@H]2O[Si](C)(C)C(C)(C)C)c(=O)[nH]1. The zero-order valence-electron chi connectivity index (χ0n) is 19.5. The predicted molar refractivity (Wildman–Crippen MR) is 126 cm³/mol. The molecule has 1 amide bonds. The molecular formula is C20H33N5O5SSi. The molecule has 32 heavy (non-hydrogen) atoms. The molecule has 3 rings (SSSR count). The summed E-state index contributed by atoms with van der Waals surface area (Å²) in [5.74, 6) is -0.496. The molecule has 4 atom stereocenters. The van der Waals surface area contributed by atoms with Gasteiger partial charge in [-0.05, 0) is 32.0 Å². The number of nitrogens with zero attached hydrogens (tertiary/aromatic N) is 3. The monoisotopic (exact) mass is 483 g/mol. The van der Waals surface area contributed by atoms with Crippen molar-refractivity contribution in [3.8, 4) is 0 Å². The molecule has 1 aliphatic rings. The fourth-order valence-corrected chi connectivity index (χ4v) is 6.08. The summed E-state index contributed by atoms with van der Waals surface area (Å²) < 4.78 is 8.27. The molecular weight excluding hydrogens is 450 g/mol. The molecule has 1 aliphatic heterocycles. The van der Waals surface area contributed by atoms with Gasteiger partial charge in [-0.3, -0.25) is 14.2 Å². The number of H-pyrrole nitrogens is 1. The molecule has 12 heteroatoms. The van der Waals surface area contributed by atoms with Gasteiger partial charge in [0.2, 0.25) is 5.91 Å². The summed E-state index contributed by atoms with van der Waals surface area (Å²) in [6, 6.07) is 0. The van der Waals surface area contributed by atoms with E-state index in [9.17, 15) is 19.8 Å². The Hall–Kier alpha value is -1.73. The smallest absolute Gasteiger partial charge is 0.279 e. The predicted octanol–water partition coefficient (Wildman–Crippen LogP) is 1.24. The molecule has 1 saturated heterocycles. The molecule has 5 N–H and O–H groups in total. The van der Waals surface area contributed by atoms with Gasteiger partial charge in [0.25, 0.3) is 5.56 Å². The van der Waals surface area contributed by atoms with Crippen molar-refractivity contribution in [2.45, 2.75) is 81.0 Å². The molecule has 2 aromatic rings. The highest BCUT2D eigenvalue weighted by atomic mass is 32.2. The van der Waals surface area contributed by atoms with E-state index in [4.69, 9.17) is 10.2 Å². The first-order valence-electron chi connectivity index (χ1n) is 10.5. The van der Waals surface area contributed by atoms with Crippen molar-refractivity contribution in [1.82, 2.24) is 19.5 Å². The van der Waals surface area contributed by atoms with Crippen LogP contribution in [0.5, 0.6) is 0 Å². The van der Waals surface area contributed by atoms with Crippen LogP contribution in [0.2, 0.25) is 18.1 Å². The highest BCUT2D eigenvalue weighted by Crippen LogP contribution is 2.48. The molecule has 10 nitrogen and oxygen atoms in total. The molecule has 0 saturated carbocycles. The van der Waals surface area contributed by atoms with Crippen molar-refractivity contribution in [3.05, 3.63) is 22.5 Å². The highest BCUT2D eigenvalue weighted by Gasteiger charge is 2.50. The molecule has 0 radical (unpaired) electrons. The van der Waals surface area contributed by atoms with Crippen molar-refractivity contribution < 1.29 is 19.4 Å². The van der Waals surface area contributed by atoms with Gasteiger partial charge in [-0.2, -0.15) is 0 Å². The summed E-state index contributed by atoms with van der Waals surface area (Å²) in [7, 11) is -2.28. The third-order valence-corrected chi connectivity index (χ3v) is 12.7. The highest BCUT2D eigenvalue weighted by molar-refractivity contribution is 8.00. The van der Waals surface area contributed by atoms with Crippen LogP contribution in [0.3, 0.4) is 0 Å². The number of carbonyl (C=O) groups excluding carboxylic acids is 1. The number of aliphatic hydroxyl groups is 2. The van der Waals surface area contributed by atoms with Gasteiger partial charge in [-0.1, -0.05) is 20.8 Å². The maximum atomic E-state index is 12.7. The zero-order valence-corrected chi connectivity index (χ0v) is 21.4. The normalized spacial score (nSPS) is 24.9. The van der Waals surface area contributed by atoms with E-state index in [1.807, 2.05) is 0 Å². The summed E-state index contributed by atoms with van der Waals surface area (Å²) in [5.41, 5.74) is 4.21. The number of aliphatic hydroxyl groups excluding tert-OH is 2. The summed E-state index contributed by atoms with van der Waals surface area (Å²) in [6.45, 7) is 13.5. The quantitative estimate of drug-likeness (QED) is 0.447. The third kappa shape index (κ3) is 4.14.